The molecule has 0 aromatic rings. The number of allylic oxidation sites excluding steroid dienone is 10. The standard InChI is InChI=1S/C55H96O6/c1-4-7-10-13-16-19-22-25-27-30-33-36-39-42-45-48-54(57)60-51-52(50-59-53(56)47-44-41-38-35-32-29-24-21-18-15-12-9-6-3)61-55(58)49-46-43-40-37-34-31-28-26-23-20-17-14-11-8-5-2/h16-17,19-21,24-28,52H,4-15,18,22-23,29-51H2,1-3H3/b19-16-,20-17-,24-21-,27-25-,28-26-/t52-/m0/s1. The van der Waals surface area contributed by atoms with Crippen LogP contribution >= 0.6 is 0 Å². The first-order valence-corrected chi connectivity index (χ1v) is 25.8. The van der Waals surface area contributed by atoms with Gasteiger partial charge in [0.1, 0.15) is 13.2 Å². The summed E-state index contributed by atoms with van der Waals surface area (Å²) in [5, 5.41) is 0. The number of esters is 3. The summed E-state index contributed by atoms with van der Waals surface area (Å²) in [7, 11) is 0. The molecule has 0 saturated carbocycles. The van der Waals surface area contributed by atoms with Crippen LogP contribution in [0.2, 0.25) is 0 Å². The second kappa shape index (κ2) is 49.8. The molecule has 0 radical (unpaired) electrons. The van der Waals surface area contributed by atoms with Gasteiger partial charge < -0.3 is 14.2 Å². The maximum Gasteiger partial charge on any atom is 0.306 e. The molecule has 1 atom stereocenters. The summed E-state index contributed by atoms with van der Waals surface area (Å²) in [6.45, 7) is 6.54. The van der Waals surface area contributed by atoms with E-state index in [1.54, 1.807) is 0 Å². The third-order valence-electron chi connectivity index (χ3n) is 11.0. The first kappa shape index (κ1) is 58.1. The van der Waals surface area contributed by atoms with Gasteiger partial charge in [0.25, 0.3) is 0 Å². The van der Waals surface area contributed by atoms with Crippen molar-refractivity contribution in [3.05, 3.63) is 60.8 Å². The van der Waals surface area contributed by atoms with Gasteiger partial charge in [0.2, 0.25) is 0 Å². The van der Waals surface area contributed by atoms with Crippen LogP contribution in [-0.2, 0) is 28.6 Å². The average molecular weight is 853 g/mol. The predicted molar refractivity (Wildman–Crippen MR) is 261 cm³/mol. The smallest absolute Gasteiger partial charge is 0.306 e. The molecule has 61 heavy (non-hydrogen) atoms. The molecule has 0 fully saturated rings. The number of hydrogen-bond donors (Lipinski definition) is 0. The van der Waals surface area contributed by atoms with E-state index in [-0.39, 0.29) is 31.1 Å². The van der Waals surface area contributed by atoms with Crippen molar-refractivity contribution in [2.24, 2.45) is 0 Å². The van der Waals surface area contributed by atoms with E-state index in [1.807, 2.05) is 0 Å². The van der Waals surface area contributed by atoms with Gasteiger partial charge in [0, 0.05) is 19.3 Å². The van der Waals surface area contributed by atoms with Crippen molar-refractivity contribution in [1.29, 1.82) is 0 Å². The molecule has 0 aliphatic carbocycles. The van der Waals surface area contributed by atoms with Gasteiger partial charge in [-0.05, 0) is 109 Å². The normalized spacial score (nSPS) is 12.5. The molecule has 0 aliphatic heterocycles. The van der Waals surface area contributed by atoms with E-state index < -0.39 is 6.10 Å². The fourth-order valence-electron chi connectivity index (χ4n) is 7.03. The average Bonchev–Trinajstić information content (AvgIpc) is 3.26. The lowest BCUT2D eigenvalue weighted by molar-refractivity contribution is -0.167. The second-order valence-electron chi connectivity index (χ2n) is 17.1. The summed E-state index contributed by atoms with van der Waals surface area (Å²) in [4.78, 5) is 37.9. The van der Waals surface area contributed by atoms with Crippen LogP contribution in [0.15, 0.2) is 60.8 Å². The van der Waals surface area contributed by atoms with Crippen LogP contribution in [0.3, 0.4) is 0 Å². The zero-order valence-electron chi connectivity index (χ0n) is 40.2. The molecule has 0 bridgehead atoms. The monoisotopic (exact) mass is 853 g/mol. The van der Waals surface area contributed by atoms with Crippen LogP contribution in [0.5, 0.6) is 0 Å². The van der Waals surface area contributed by atoms with Gasteiger partial charge in [0.05, 0.1) is 0 Å². The van der Waals surface area contributed by atoms with Crippen LogP contribution in [0.25, 0.3) is 0 Å². The van der Waals surface area contributed by atoms with Crippen LogP contribution < -0.4 is 0 Å². The van der Waals surface area contributed by atoms with Gasteiger partial charge in [-0.15, -0.1) is 0 Å². The minimum Gasteiger partial charge on any atom is -0.462 e. The fraction of sp³-hybridized carbons (Fsp3) is 0.764. The molecular formula is C55H96O6. The third-order valence-corrected chi connectivity index (χ3v) is 11.0. The lowest BCUT2D eigenvalue weighted by atomic mass is 10.1. The summed E-state index contributed by atoms with van der Waals surface area (Å²) in [5.41, 5.74) is 0. The molecule has 0 aromatic heterocycles. The van der Waals surface area contributed by atoms with Crippen molar-refractivity contribution in [2.45, 2.75) is 258 Å². The number of carbonyl (C=O) groups excluding carboxylic acids is 3. The highest BCUT2D eigenvalue weighted by Gasteiger charge is 2.19. The van der Waals surface area contributed by atoms with Gasteiger partial charge in [-0.1, -0.05) is 184 Å². The fourth-order valence-corrected chi connectivity index (χ4v) is 7.03. The highest BCUT2D eigenvalue weighted by molar-refractivity contribution is 5.71. The van der Waals surface area contributed by atoms with Crippen molar-refractivity contribution in [2.75, 3.05) is 13.2 Å². The topological polar surface area (TPSA) is 78.9 Å². The molecule has 0 spiro atoms. The highest BCUT2D eigenvalue weighted by atomic mass is 16.6. The van der Waals surface area contributed by atoms with E-state index in [1.165, 1.54) is 103 Å². The first-order chi connectivity index (χ1) is 30.0. The van der Waals surface area contributed by atoms with Gasteiger partial charge >= 0.3 is 17.9 Å². The maximum atomic E-state index is 12.8. The quantitative estimate of drug-likeness (QED) is 0.0263. The molecule has 0 aliphatic rings. The van der Waals surface area contributed by atoms with Crippen LogP contribution in [0.4, 0.5) is 0 Å². The Bertz CT molecular complexity index is 1120. The maximum absolute atomic E-state index is 12.8. The molecule has 0 rings (SSSR count). The minimum atomic E-state index is -0.789. The van der Waals surface area contributed by atoms with E-state index >= 15 is 0 Å². The number of carbonyl (C=O) groups is 3. The Morgan fingerprint density at radius 2 is 0.590 bits per heavy atom. The van der Waals surface area contributed by atoms with E-state index in [0.29, 0.717) is 19.3 Å². The summed E-state index contributed by atoms with van der Waals surface area (Å²) >= 11 is 0. The second-order valence-corrected chi connectivity index (χ2v) is 17.1. The molecule has 0 amide bonds. The van der Waals surface area contributed by atoms with Crippen molar-refractivity contribution in [1.82, 2.24) is 0 Å². The Balaban J connectivity index is 4.44. The zero-order chi connectivity index (χ0) is 44.4. The van der Waals surface area contributed by atoms with E-state index in [2.05, 4.69) is 81.5 Å². The van der Waals surface area contributed by atoms with Crippen molar-refractivity contribution in [3.63, 3.8) is 0 Å². The summed E-state index contributed by atoms with van der Waals surface area (Å²) in [5.74, 6) is -0.922. The Morgan fingerprint density at radius 1 is 0.328 bits per heavy atom. The molecule has 0 heterocycles. The molecular weight excluding hydrogens is 757 g/mol. The van der Waals surface area contributed by atoms with Crippen LogP contribution in [0, 0.1) is 0 Å². The minimum absolute atomic E-state index is 0.0888. The largest absolute Gasteiger partial charge is 0.462 e. The highest BCUT2D eigenvalue weighted by Crippen LogP contribution is 2.13. The molecule has 6 nitrogen and oxygen atoms in total. The Labute approximate surface area is 377 Å². The third kappa shape index (κ3) is 48.0. The summed E-state index contributed by atoms with van der Waals surface area (Å²) < 4.78 is 16.8. The van der Waals surface area contributed by atoms with E-state index in [0.717, 1.165) is 109 Å². The SMILES string of the molecule is CCCCC/C=C\C/C=C\CCCCCCCC(=O)OC[C@H](COC(=O)CCCCCCC/C=C\CCCCCC)OC(=O)CCCCCCC/C=C\C/C=C\CCCCC. The molecule has 0 aromatic carbocycles. The number of unbranched alkanes of at least 4 members (excludes halogenated alkanes) is 25. The molecule has 0 unspecified atom stereocenters. The lowest BCUT2D eigenvalue weighted by Crippen LogP contribution is -2.30. The van der Waals surface area contributed by atoms with Gasteiger partial charge in [-0.25, -0.2) is 0 Å². The first-order valence-electron chi connectivity index (χ1n) is 25.8. The summed E-state index contributed by atoms with van der Waals surface area (Å²) in [6.07, 6.45) is 60.5. The predicted octanol–water partition coefficient (Wildman–Crippen LogP) is 16.9. The summed E-state index contributed by atoms with van der Waals surface area (Å²) in [6, 6.07) is 0. The Morgan fingerprint density at radius 3 is 0.951 bits per heavy atom. The van der Waals surface area contributed by atoms with E-state index in [9.17, 15) is 14.4 Å². The molecule has 0 N–H and O–H groups in total. The Hall–Kier alpha value is -2.89. The van der Waals surface area contributed by atoms with Crippen molar-refractivity contribution < 1.29 is 28.6 Å². The number of hydrogen-bond acceptors (Lipinski definition) is 6. The van der Waals surface area contributed by atoms with Crippen LogP contribution in [-0.4, -0.2) is 37.2 Å². The van der Waals surface area contributed by atoms with Gasteiger partial charge in [-0.2, -0.15) is 0 Å². The van der Waals surface area contributed by atoms with Gasteiger partial charge in [-0.3, -0.25) is 14.4 Å². The number of rotatable bonds is 46. The molecule has 6 heteroatoms. The molecule has 0 saturated heterocycles. The number of ether oxygens (including phenoxy) is 3. The van der Waals surface area contributed by atoms with Crippen molar-refractivity contribution in [3.8, 4) is 0 Å². The molecule has 352 valence electrons. The van der Waals surface area contributed by atoms with E-state index in [4.69, 9.17) is 14.2 Å². The Kier molecular flexibility index (Phi) is 47.4. The van der Waals surface area contributed by atoms with Crippen molar-refractivity contribution >= 4 is 17.9 Å². The van der Waals surface area contributed by atoms with Gasteiger partial charge in [0.15, 0.2) is 6.10 Å². The van der Waals surface area contributed by atoms with Crippen LogP contribution in [0.1, 0.15) is 252 Å². The lowest BCUT2D eigenvalue weighted by Gasteiger charge is -2.18. The zero-order valence-corrected chi connectivity index (χ0v) is 40.2.